The fourth-order valence-corrected chi connectivity index (χ4v) is 5.88. The number of hydrogen-bond acceptors (Lipinski definition) is 6. The van der Waals surface area contributed by atoms with Gasteiger partial charge in [-0.25, -0.2) is 8.36 Å². The first-order chi connectivity index (χ1) is 18.8. The summed E-state index contributed by atoms with van der Waals surface area (Å²) in [5.41, 5.74) is 1.18. The monoisotopic (exact) mass is 572 g/mol. The number of methoxy groups -OCH3 is 1. The van der Waals surface area contributed by atoms with E-state index in [4.69, 9.17) is 4.74 Å². The van der Waals surface area contributed by atoms with Crippen molar-refractivity contribution in [3.63, 3.8) is 0 Å². The number of carbonyl (C=O) groups is 3. The van der Waals surface area contributed by atoms with Gasteiger partial charge in [-0.2, -0.15) is 12.7 Å². The number of hydrogen-bond donors (Lipinski definition) is 0. The number of benzene rings is 2. The molecule has 2 heterocycles. The standard InChI is InChI=1S/C28H33FN4O6S/c1-30(2)28(36)26(34)23-17-33(40(37,38)31(3)4)24-16-25(39-5)22(15-21(23)24)27(35)32-12-10-19(11-13-32)14-18-6-8-20(29)9-7-18/h6-9,15-17,19H,10-14H2,1-5H3. The molecule has 4 rings (SSSR count). The highest BCUT2D eigenvalue weighted by atomic mass is 32.2. The second-order valence-electron chi connectivity index (χ2n) is 10.3. The number of halogens is 1. The largest absolute Gasteiger partial charge is 0.496 e. The maximum atomic E-state index is 13.7. The van der Waals surface area contributed by atoms with Gasteiger partial charge in [0.05, 0.1) is 23.8 Å². The number of ether oxygens (including phenoxy) is 1. The third-order valence-electron chi connectivity index (χ3n) is 7.22. The van der Waals surface area contributed by atoms with Crippen molar-refractivity contribution in [2.24, 2.45) is 5.92 Å². The average Bonchev–Trinajstić information content (AvgIpc) is 3.31. The molecule has 214 valence electrons. The zero-order valence-corrected chi connectivity index (χ0v) is 24.0. The summed E-state index contributed by atoms with van der Waals surface area (Å²) >= 11 is 0. The number of likely N-dealkylation sites (tertiary alicyclic amines) is 1. The van der Waals surface area contributed by atoms with Crippen LogP contribution in [0.1, 0.15) is 39.1 Å². The van der Waals surface area contributed by atoms with E-state index in [1.54, 1.807) is 17.0 Å². The van der Waals surface area contributed by atoms with Gasteiger partial charge in [0.15, 0.2) is 0 Å². The Hall–Kier alpha value is -3.77. The van der Waals surface area contributed by atoms with Crippen molar-refractivity contribution in [3.8, 4) is 5.75 Å². The maximum absolute atomic E-state index is 13.7. The van der Waals surface area contributed by atoms with Crippen LogP contribution >= 0.6 is 0 Å². The zero-order chi connectivity index (χ0) is 29.4. The predicted octanol–water partition coefficient (Wildman–Crippen LogP) is 2.81. The highest BCUT2D eigenvalue weighted by Crippen LogP contribution is 2.33. The second kappa shape index (κ2) is 11.4. The van der Waals surface area contributed by atoms with Crippen LogP contribution in [0.4, 0.5) is 4.39 Å². The van der Waals surface area contributed by atoms with Gasteiger partial charge in [-0.3, -0.25) is 14.4 Å². The van der Waals surface area contributed by atoms with Crippen molar-refractivity contribution in [2.45, 2.75) is 19.3 Å². The molecule has 40 heavy (non-hydrogen) atoms. The van der Waals surface area contributed by atoms with Crippen LogP contribution in [0.2, 0.25) is 0 Å². The number of carbonyl (C=O) groups excluding carboxylic acids is 3. The number of nitrogens with zero attached hydrogens (tertiary/aromatic N) is 4. The first-order valence-electron chi connectivity index (χ1n) is 12.8. The Balaban J connectivity index is 1.69. The van der Waals surface area contributed by atoms with E-state index < -0.39 is 21.9 Å². The Morgan fingerprint density at radius 2 is 1.62 bits per heavy atom. The highest BCUT2D eigenvalue weighted by molar-refractivity contribution is 7.87. The molecule has 0 N–H and O–H groups in total. The molecule has 1 aliphatic rings. The zero-order valence-electron chi connectivity index (χ0n) is 23.2. The molecule has 1 aromatic heterocycles. The normalized spacial score (nSPS) is 14.5. The van der Waals surface area contributed by atoms with Gasteiger partial charge >= 0.3 is 10.2 Å². The number of ketones is 1. The molecule has 0 atom stereocenters. The quantitative estimate of drug-likeness (QED) is 0.303. The Bertz CT molecular complexity index is 1560. The van der Waals surface area contributed by atoms with Crippen molar-refractivity contribution in [1.82, 2.24) is 18.1 Å². The van der Waals surface area contributed by atoms with E-state index in [1.165, 1.54) is 59.6 Å². The molecule has 0 radical (unpaired) electrons. The molecule has 12 heteroatoms. The van der Waals surface area contributed by atoms with Gasteiger partial charge in [0.1, 0.15) is 11.6 Å². The number of likely N-dealkylation sites (N-methyl/N-ethyl adjacent to an activating group) is 1. The first kappa shape index (κ1) is 29.2. The van der Waals surface area contributed by atoms with Crippen molar-refractivity contribution < 1.29 is 31.9 Å². The van der Waals surface area contributed by atoms with Crippen LogP contribution in [0, 0.1) is 11.7 Å². The van der Waals surface area contributed by atoms with Crippen molar-refractivity contribution in [1.29, 1.82) is 0 Å². The van der Waals surface area contributed by atoms with E-state index in [-0.39, 0.29) is 39.5 Å². The molecule has 0 aliphatic carbocycles. The number of rotatable bonds is 8. The average molecular weight is 573 g/mol. The summed E-state index contributed by atoms with van der Waals surface area (Å²) in [5.74, 6) is -1.83. The van der Waals surface area contributed by atoms with E-state index >= 15 is 0 Å². The number of amides is 2. The van der Waals surface area contributed by atoms with Gasteiger partial charge in [-0.05, 0) is 48.9 Å². The van der Waals surface area contributed by atoms with E-state index in [9.17, 15) is 27.2 Å². The first-order valence-corrected chi connectivity index (χ1v) is 14.2. The van der Waals surface area contributed by atoms with Crippen LogP contribution in [0.5, 0.6) is 5.75 Å². The smallest absolute Gasteiger partial charge is 0.307 e. The van der Waals surface area contributed by atoms with Crippen LogP contribution in [0.25, 0.3) is 10.9 Å². The van der Waals surface area contributed by atoms with Gasteiger partial charge < -0.3 is 14.5 Å². The lowest BCUT2D eigenvalue weighted by Gasteiger charge is -2.32. The fourth-order valence-electron chi connectivity index (χ4n) is 4.89. The topological polar surface area (TPSA) is 109 Å². The third kappa shape index (κ3) is 5.59. The van der Waals surface area contributed by atoms with E-state index in [2.05, 4.69) is 0 Å². The van der Waals surface area contributed by atoms with Crippen LogP contribution in [0.15, 0.2) is 42.6 Å². The Kier molecular flexibility index (Phi) is 8.31. The van der Waals surface area contributed by atoms with Crippen LogP contribution < -0.4 is 4.74 Å². The fraction of sp³-hybridized carbons (Fsp3) is 0.393. The van der Waals surface area contributed by atoms with Crippen molar-refractivity contribution in [2.75, 3.05) is 48.4 Å². The van der Waals surface area contributed by atoms with Crippen molar-refractivity contribution in [3.05, 3.63) is 65.1 Å². The lowest BCUT2D eigenvalue weighted by atomic mass is 9.90. The molecule has 0 spiro atoms. The minimum Gasteiger partial charge on any atom is -0.496 e. The third-order valence-corrected chi connectivity index (χ3v) is 8.94. The molecule has 1 aliphatic heterocycles. The molecule has 1 saturated heterocycles. The molecule has 3 aromatic rings. The summed E-state index contributed by atoms with van der Waals surface area (Å²) in [5, 5.41) is 0.154. The molecular weight excluding hydrogens is 539 g/mol. The van der Waals surface area contributed by atoms with Gasteiger partial charge in [0, 0.05) is 58.9 Å². The van der Waals surface area contributed by atoms with Gasteiger partial charge in [0.2, 0.25) is 0 Å². The number of aromatic nitrogens is 1. The Morgan fingerprint density at radius 3 is 2.17 bits per heavy atom. The molecular formula is C28H33FN4O6S. The van der Waals surface area contributed by atoms with Crippen molar-refractivity contribution >= 4 is 38.7 Å². The Labute approximate surface area is 233 Å². The van der Waals surface area contributed by atoms with Crippen LogP contribution in [-0.2, 0) is 21.4 Å². The minimum absolute atomic E-state index is 0.106. The minimum atomic E-state index is -4.07. The predicted molar refractivity (Wildman–Crippen MR) is 148 cm³/mol. The Morgan fingerprint density at radius 1 is 1.00 bits per heavy atom. The van der Waals surface area contributed by atoms with Gasteiger partial charge in [0.25, 0.3) is 17.6 Å². The molecule has 10 nitrogen and oxygen atoms in total. The summed E-state index contributed by atoms with van der Waals surface area (Å²) in [6.45, 7) is 0.986. The lowest BCUT2D eigenvalue weighted by molar-refractivity contribution is -0.124. The lowest BCUT2D eigenvalue weighted by Crippen LogP contribution is -2.39. The van der Waals surface area contributed by atoms with Gasteiger partial charge in [-0.1, -0.05) is 12.1 Å². The van der Waals surface area contributed by atoms with E-state index in [0.29, 0.717) is 19.0 Å². The number of fused-ring (bicyclic) bond motifs is 1. The second-order valence-corrected chi connectivity index (χ2v) is 12.3. The molecule has 2 aromatic carbocycles. The van der Waals surface area contributed by atoms with Crippen LogP contribution in [-0.4, -0.2) is 92.5 Å². The summed E-state index contributed by atoms with van der Waals surface area (Å²) in [6.07, 6.45) is 3.41. The van der Waals surface area contributed by atoms with E-state index in [1.807, 2.05) is 0 Å². The summed E-state index contributed by atoms with van der Waals surface area (Å²) in [6, 6.07) is 9.27. The van der Waals surface area contributed by atoms with Crippen LogP contribution in [0.3, 0.4) is 0 Å². The number of Topliss-reactive ketones (excluding diaryl/α,β-unsaturated/α-hetero) is 1. The summed E-state index contributed by atoms with van der Waals surface area (Å²) in [4.78, 5) is 42.1. The highest BCUT2D eigenvalue weighted by Gasteiger charge is 2.31. The van der Waals surface area contributed by atoms with Gasteiger partial charge in [-0.15, -0.1) is 0 Å². The molecule has 0 bridgehead atoms. The molecule has 1 fully saturated rings. The maximum Gasteiger partial charge on any atom is 0.307 e. The summed E-state index contributed by atoms with van der Waals surface area (Å²) < 4.78 is 46.8. The number of piperidine rings is 1. The van der Waals surface area contributed by atoms with E-state index in [0.717, 1.165) is 44.2 Å². The molecule has 0 saturated carbocycles. The SMILES string of the molecule is COc1cc2c(cc1C(=O)N1CCC(Cc3ccc(F)cc3)CC1)c(C(=O)C(=O)N(C)C)cn2S(=O)(=O)N(C)C. The molecule has 2 amide bonds. The summed E-state index contributed by atoms with van der Waals surface area (Å²) in [7, 11) is 2.85. The molecule has 0 unspecified atom stereocenters.